The molecule has 0 amide bonds. The topological polar surface area (TPSA) is 35.5 Å². The summed E-state index contributed by atoms with van der Waals surface area (Å²) < 4.78 is 0. The van der Waals surface area contributed by atoms with Gasteiger partial charge in [-0.15, -0.1) is 24.8 Å². The van der Waals surface area contributed by atoms with Crippen LogP contribution in [0.15, 0.2) is 54.6 Å². The summed E-state index contributed by atoms with van der Waals surface area (Å²) in [6.45, 7) is 8.12. The van der Waals surface area contributed by atoms with E-state index >= 15 is 0 Å². The van der Waals surface area contributed by atoms with E-state index < -0.39 is 0 Å². The van der Waals surface area contributed by atoms with Gasteiger partial charge in [-0.05, 0) is 80.8 Å². The quantitative estimate of drug-likeness (QED) is 0.489. The molecule has 1 saturated carbocycles. The van der Waals surface area contributed by atoms with Gasteiger partial charge in [0.25, 0.3) is 0 Å². The summed E-state index contributed by atoms with van der Waals surface area (Å²) >= 11 is 0. The predicted octanol–water partition coefficient (Wildman–Crippen LogP) is 5.98. The number of likely N-dealkylation sites (tertiary alicyclic amines) is 1. The van der Waals surface area contributed by atoms with Gasteiger partial charge in [-0.2, -0.15) is 0 Å². The van der Waals surface area contributed by atoms with Crippen molar-refractivity contribution in [3.8, 4) is 5.75 Å². The average molecular weight is 480 g/mol. The second-order valence-corrected chi connectivity index (χ2v) is 9.64. The van der Waals surface area contributed by atoms with Gasteiger partial charge in [0.15, 0.2) is 0 Å². The summed E-state index contributed by atoms with van der Waals surface area (Å²) in [5.74, 6) is 0.984. The Morgan fingerprint density at radius 2 is 1.84 bits per heavy atom. The fraction of sp³-hybridized carbons (Fsp3) is 0.556. The van der Waals surface area contributed by atoms with Crippen LogP contribution in [0.3, 0.4) is 0 Å². The first kappa shape index (κ1) is 27.0. The lowest BCUT2D eigenvalue weighted by molar-refractivity contribution is -0.00376. The van der Waals surface area contributed by atoms with E-state index in [1.165, 1.54) is 49.8 Å². The van der Waals surface area contributed by atoms with Crippen molar-refractivity contribution < 1.29 is 5.11 Å². The Morgan fingerprint density at radius 3 is 2.56 bits per heavy atom. The SMILES string of the molecule is CCCN[C@H]1C[C@H]2C[C@@](c3cccc(O)c3)(C1)[C@H](C)CN2CCCc1ccccc1.Cl.Cl. The first-order valence-corrected chi connectivity index (χ1v) is 11.9. The van der Waals surface area contributed by atoms with Crippen molar-refractivity contribution in [1.82, 2.24) is 10.2 Å². The number of fused-ring (bicyclic) bond motifs is 2. The van der Waals surface area contributed by atoms with Crippen molar-refractivity contribution in [3.05, 3.63) is 65.7 Å². The number of benzene rings is 2. The standard InChI is InChI=1S/C27H38N2O.2ClH/c1-3-14-28-24-17-25-19-27(18-24,23-12-7-13-26(30)16-23)21(2)20-29(25)15-8-11-22-9-5-4-6-10-22;;/h4-7,9-10,12-13,16,21,24-25,28,30H,3,8,11,14-15,17-20H2,1-2H3;2*1H/t21-,24+,25+,27+;;/m1../s1. The third-order valence-electron chi connectivity index (χ3n) is 7.59. The van der Waals surface area contributed by atoms with Crippen LogP contribution in [0.4, 0.5) is 0 Å². The van der Waals surface area contributed by atoms with Gasteiger partial charge in [0, 0.05) is 24.0 Å². The molecule has 4 rings (SSSR count). The maximum absolute atomic E-state index is 10.2. The van der Waals surface area contributed by atoms with E-state index in [4.69, 9.17) is 0 Å². The average Bonchev–Trinajstić information content (AvgIpc) is 2.76. The van der Waals surface area contributed by atoms with Crippen LogP contribution in [0.1, 0.15) is 57.1 Å². The van der Waals surface area contributed by atoms with Crippen LogP contribution in [0.5, 0.6) is 5.75 Å². The van der Waals surface area contributed by atoms with Crippen LogP contribution >= 0.6 is 24.8 Å². The van der Waals surface area contributed by atoms with E-state index in [9.17, 15) is 5.11 Å². The number of hydrogen-bond acceptors (Lipinski definition) is 3. The molecule has 0 aromatic heterocycles. The van der Waals surface area contributed by atoms with Gasteiger partial charge in [-0.25, -0.2) is 0 Å². The lowest BCUT2D eigenvalue weighted by Crippen LogP contribution is -2.61. The molecule has 1 aliphatic carbocycles. The van der Waals surface area contributed by atoms with E-state index in [1.54, 1.807) is 6.07 Å². The zero-order valence-electron chi connectivity index (χ0n) is 19.5. The van der Waals surface area contributed by atoms with Gasteiger partial charge < -0.3 is 10.4 Å². The molecule has 3 nitrogen and oxygen atoms in total. The molecular formula is C27H40Cl2N2O. The number of nitrogens with one attached hydrogen (secondary N) is 1. The highest BCUT2D eigenvalue weighted by atomic mass is 35.5. The minimum atomic E-state index is 0. The maximum Gasteiger partial charge on any atom is 0.115 e. The van der Waals surface area contributed by atoms with E-state index in [1.807, 2.05) is 12.1 Å². The van der Waals surface area contributed by atoms with Gasteiger partial charge in [0.2, 0.25) is 0 Å². The van der Waals surface area contributed by atoms with Crippen LogP contribution in [0.25, 0.3) is 0 Å². The molecule has 2 aromatic rings. The van der Waals surface area contributed by atoms with Crippen LogP contribution < -0.4 is 5.32 Å². The number of phenols is 1. The van der Waals surface area contributed by atoms with Crippen molar-refractivity contribution in [2.24, 2.45) is 5.92 Å². The van der Waals surface area contributed by atoms with E-state index in [-0.39, 0.29) is 30.2 Å². The second kappa shape index (κ2) is 12.3. The molecule has 32 heavy (non-hydrogen) atoms. The summed E-state index contributed by atoms with van der Waals surface area (Å²) in [7, 11) is 0. The van der Waals surface area contributed by atoms with Gasteiger partial charge in [0.1, 0.15) is 5.75 Å². The van der Waals surface area contributed by atoms with Crippen molar-refractivity contribution in [2.45, 2.75) is 69.9 Å². The van der Waals surface area contributed by atoms with Gasteiger partial charge in [0.05, 0.1) is 0 Å². The maximum atomic E-state index is 10.2. The van der Waals surface area contributed by atoms with Crippen molar-refractivity contribution in [2.75, 3.05) is 19.6 Å². The summed E-state index contributed by atoms with van der Waals surface area (Å²) in [4.78, 5) is 2.77. The van der Waals surface area contributed by atoms with Crippen LogP contribution in [-0.4, -0.2) is 41.7 Å². The van der Waals surface area contributed by atoms with Crippen LogP contribution in [0.2, 0.25) is 0 Å². The van der Waals surface area contributed by atoms with E-state index in [0.29, 0.717) is 23.8 Å². The zero-order valence-corrected chi connectivity index (χ0v) is 21.1. The Balaban J connectivity index is 0.00000181. The Hall–Kier alpha value is -1.26. The molecule has 2 aliphatic rings. The van der Waals surface area contributed by atoms with E-state index in [2.05, 4.69) is 60.5 Å². The van der Waals surface area contributed by atoms with Crippen molar-refractivity contribution in [1.29, 1.82) is 0 Å². The molecular weight excluding hydrogens is 439 g/mol. The number of nitrogens with zero attached hydrogens (tertiary/aromatic N) is 1. The molecule has 5 heteroatoms. The smallest absolute Gasteiger partial charge is 0.115 e. The second-order valence-electron chi connectivity index (χ2n) is 9.64. The van der Waals surface area contributed by atoms with Crippen LogP contribution in [-0.2, 0) is 11.8 Å². The minimum absolute atomic E-state index is 0. The van der Waals surface area contributed by atoms with E-state index in [0.717, 1.165) is 19.5 Å². The Labute approximate surface area is 206 Å². The fourth-order valence-corrected chi connectivity index (χ4v) is 6.04. The molecule has 2 aromatic carbocycles. The third kappa shape index (κ3) is 5.99. The minimum Gasteiger partial charge on any atom is -0.508 e. The molecule has 1 heterocycles. The number of aryl methyl sites for hydroxylation is 1. The monoisotopic (exact) mass is 478 g/mol. The molecule has 2 bridgehead atoms. The fourth-order valence-electron chi connectivity index (χ4n) is 6.04. The highest BCUT2D eigenvalue weighted by Crippen LogP contribution is 2.50. The third-order valence-corrected chi connectivity index (χ3v) is 7.59. The lowest BCUT2D eigenvalue weighted by Gasteiger charge is -2.57. The van der Waals surface area contributed by atoms with Gasteiger partial charge in [-0.1, -0.05) is 56.3 Å². The summed E-state index contributed by atoms with van der Waals surface area (Å²) in [5, 5.41) is 14.0. The highest BCUT2D eigenvalue weighted by Gasteiger charge is 2.50. The molecule has 0 spiro atoms. The number of rotatable bonds is 8. The first-order valence-electron chi connectivity index (χ1n) is 11.9. The lowest BCUT2D eigenvalue weighted by atomic mass is 9.57. The Morgan fingerprint density at radius 1 is 1.06 bits per heavy atom. The number of aromatic hydroxyl groups is 1. The van der Waals surface area contributed by atoms with Gasteiger partial charge >= 0.3 is 0 Å². The number of piperidine rings is 1. The summed E-state index contributed by atoms with van der Waals surface area (Å²) in [6, 6.07) is 20.2. The normalized spacial score (nSPS) is 27.2. The number of phenolic OH excluding ortho intramolecular Hbond substituents is 1. The number of halogens is 2. The molecule has 0 radical (unpaired) electrons. The predicted molar refractivity (Wildman–Crippen MR) is 140 cm³/mol. The summed E-state index contributed by atoms with van der Waals surface area (Å²) in [5.41, 5.74) is 2.96. The molecule has 178 valence electrons. The molecule has 2 N–H and O–H groups in total. The summed E-state index contributed by atoms with van der Waals surface area (Å²) in [6.07, 6.45) is 7.21. The Kier molecular flexibility index (Phi) is 10.4. The first-order chi connectivity index (χ1) is 14.6. The largest absolute Gasteiger partial charge is 0.508 e. The highest BCUT2D eigenvalue weighted by molar-refractivity contribution is 5.85. The molecule has 2 fully saturated rings. The molecule has 0 unspecified atom stereocenters. The van der Waals surface area contributed by atoms with Gasteiger partial charge in [-0.3, -0.25) is 4.90 Å². The van der Waals surface area contributed by atoms with Crippen molar-refractivity contribution in [3.63, 3.8) is 0 Å². The van der Waals surface area contributed by atoms with Crippen LogP contribution in [0, 0.1) is 5.92 Å². The Bertz CT molecular complexity index is 818. The van der Waals surface area contributed by atoms with Crippen molar-refractivity contribution >= 4 is 24.8 Å². The molecule has 1 aliphatic heterocycles. The number of hydrogen-bond donors (Lipinski definition) is 2. The zero-order chi connectivity index (χ0) is 21.0. The molecule has 4 atom stereocenters. The molecule has 1 saturated heterocycles.